The van der Waals surface area contributed by atoms with Gasteiger partial charge in [-0.3, -0.25) is 0 Å². The normalized spacial score (nSPS) is 26.8. The summed E-state index contributed by atoms with van der Waals surface area (Å²) in [7, 11) is 0. The Labute approximate surface area is 188 Å². The van der Waals surface area contributed by atoms with Gasteiger partial charge in [-0.25, -0.2) is 0 Å². The first-order valence-corrected chi connectivity index (χ1v) is 10.8. The van der Waals surface area contributed by atoms with Crippen molar-refractivity contribution in [3.8, 4) is 0 Å². The highest BCUT2D eigenvalue weighted by molar-refractivity contribution is 5.69. The van der Waals surface area contributed by atoms with Gasteiger partial charge in [-0.1, -0.05) is 93.8 Å². The molecule has 0 saturated heterocycles. The van der Waals surface area contributed by atoms with E-state index >= 15 is 0 Å². The molecule has 1 heteroatoms. The van der Waals surface area contributed by atoms with Crippen molar-refractivity contribution in [2.45, 2.75) is 34.1 Å². The molecular weight excluding hydrogens is 374 g/mol. The molecule has 31 heavy (non-hydrogen) atoms. The summed E-state index contributed by atoms with van der Waals surface area (Å²) in [4.78, 5) is 2.21. The van der Waals surface area contributed by atoms with E-state index in [0.29, 0.717) is 0 Å². The Bertz CT molecular complexity index is 1080. The lowest BCUT2D eigenvalue weighted by atomic mass is 9.79. The summed E-state index contributed by atoms with van der Waals surface area (Å²) in [5.41, 5.74) is 8.89. The first kappa shape index (κ1) is 22.4. The first-order chi connectivity index (χ1) is 14.8. The molecular formula is C30H33N. The highest BCUT2D eigenvalue weighted by Crippen LogP contribution is 2.51. The summed E-state index contributed by atoms with van der Waals surface area (Å²) in [5, 5.41) is 0. The lowest BCUT2D eigenvalue weighted by molar-refractivity contribution is 0.574. The van der Waals surface area contributed by atoms with Gasteiger partial charge in [0.2, 0.25) is 0 Å². The molecule has 0 N–H and O–H groups in total. The van der Waals surface area contributed by atoms with Crippen LogP contribution in [-0.4, -0.2) is 4.90 Å². The summed E-state index contributed by atoms with van der Waals surface area (Å²) in [5.74, 6) is 0. The van der Waals surface area contributed by atoms with E-state index in [1.165, 1.54) is 27.9 Å². The molecule has 0 spiro atoms. The van der Waals surface area contributed by atoms with Gasteiger partial charge in [-0.05, 0) is 60.3 Å². The lowest BCUT2D eigenvalue weighted by Gasteiger charge is -2.25. The fourth-order valence-electron chi connectivity index (χ4n) is 4.16. The summed E-state index contributed by atoms with van der Waals surface area (Å²) < 4.78 is 0. The van der Waals surface area contributed by atoms with Crippen molar-refractivity contribution in [1.29, 1.82) is 0 Å². The first-order valence-electron chi connectivity index (χ1n) is 10.8. The molecule has 3 aliphatic rings. The molecule has 1 nitrogen and oxygen atoms in total. The van der Waals surface area contributed by atoms with E-state index in [2.05, 4.69) is 107 Å². The average molecular weight is 408 g/mol. The summed E-state index contributed by atoms with van der Waals surface area (Å²) in [6.07, 6.45) is 28.6. The van der Waals surface area contributed by atoms with E-state index < -0.39 is 0 Å². The smallest absolute Gasteiger partial charge is 0.0412 e. The van der Waals surface area contributed by atoms with Crippen LogP contribution in [0.1, 0.15) is 34.1 Å². The quantitative estimate of drug-likeness (QED) is 0.456. The van der Waals surface area contributed by atoms with Crippen LogP contribution in [0.3, 0.4) is 0 Å². The summed E-state index contributed by atoms with van der Waals surface area (Å²) >= 11 is 0. The fraction of sp³-hybridized carbons (Fsp3) is 0.200. The van der Waals surface area contributed by atoms with Gasteiger partial charge >= 0.3 is 0 Å². The molecule has 3 rings (SSSR count). The van der Waals surface area contributed by atoms with Crippen LogP contribution in [0.5, 0.6) is 0 Å². The second-order valence-electron chi connectivity index (χ2n) is 8.56. The second-order valence-corrected chi connectivity index (χ2v) is 8.56. The fourth-order valence-corrected chi connectivity index (χ4v) is 4.16. The van der Waals surface area contributed by atoms with Crippen molar-refractivity contribution in [3.05, 3.63) is 144 Å². The third-order valence-corrected chi connectivity index (χ3v) is 5.99. The van der Waals surface area contributed by atoms with E-state index in [1.807, 2.05) is 24.3 Å². The van der Waals surface area contributed by atoms with Crippen molar-refractivity contribution in [3.63, 3.8) is 0 Å². The molecule has 1 heterocycles. The monoisotopic (exact) mass is 407 g/mol. The van der Waals surface area contributed by atoms with Gasteiger partial charge in [0.1, 0.15) is 0 Å². The zero-order valence-electron chi connectivity index (χ0n) is 19.3. The zero-order valence-corrected chi connectivity index (χ0v) is 19.3. The predicted molar refractivity (Wildman–Crippen MR) is 136 cm³/mol. The van der Waals surface area contributed by atoms with Gasteiger partial charge in [0.15, 0.2) is 0 Å². The van der Waals surface area contributed by atoms with E-state index in [-0.39, 0.29) is 5.41 Å². The second kappa shape index (κ2) is 9.22. The Morgan fingerprint density at radius 2 is 1.81 bits per heavy atom. The van der Waals surface area contributed by atoms with E-state index in [4.69, 9.17) is 0 Å². The van der Waals surface area contributed by atoms with E-state index in [9.17, 15) is 0 Å². The molecule has 0 aromatic heterocycles. The number of rotatable bonds is 3. The van der Waals surface area contributed by atoms with Gasteiger partial charge in [-0.2, -0.15) is 0 Å². The van der Waals surface area contributed by atoms with Crippen molar-refractivity contribution < 1.29 is 0 Å². The number of fused-ring (bicyclic) bond motifs is 1. The molecule has 0 bridgehead atoms. The third kappa shape index (κ3) is 4.56. The Morgan fingerprint density at radius 1 is 1.03 bits per heavy atom. The van der Waals surface area contributed by atoms with E-state index in [0.717, 1.165) is 23.3 Å². The Balaban J connectivity index is 2.29. The standard InChI is InChI=1S/C30H33N/c1-8-13-26-27-21-31(25-16-12-14-22(3)17-18-25)19-11-10-15-23(4)24(5)20-29(27)30(6,7)28(26)9-2/h8-11,13-21H,2,4-5,12H2,1,3,6-7H3/b13-8-,15-10-,19-11-,27-21-,29-20+. The largest absolute Gasteiger partial charge is 0.324 e. The minimum atomic E-state index is -0.190. The number of nitrogens with zero attached hydrogens (tertiary/aromatic N) is 1. The average Bonchev–Trinajstić information content (AvgIpc) is 2.86. The van der Waals surface area contributed by atoms with Gasteiger partial charge in [0.25, 0.3) is 0 Å². The highest BCUT2D eigenvalue weighted by atomic mass is 15.1. The zero-order chi connectivity index (χ0) is 22.6. The molecule has 0 fully saturated rings. The summed E-state index contributed by atoms with van der Waals surface area (Å²) in [6, 6.07) is 0. The van der Waals surface area contributed by atoms with Crippen LogP contribution in [0.25, 0.3) is 0 Å². The maximum absolute atomic E-state index is 4.29. The molecule has 0 unspecified atom stereocenters. The maximum Gasteiger partial charge on any atom is 0.0412 e. The molecule has 0 radical (unpaired) electrons. The lowest BCUT2D eigenvalue weighted by Crippen LogP contribution is -2.14. The van der Waals surface area contributed by atoms with E-state index in [1.54, 1.807) is 0 Å². The number of hydrogen-bond acceptors (Lipinski definition) is 1. The molecule has 2 aliphatic carbocycles. The van der Waals surface area contributed by atoms with Crippen LogP contribution in [0, 0.1) is 5.41 Å². The molecule has 0 saturated carbocycles. The Hall–Kier alpha value is -3.32. The highest BCUT2D eigenvalue weighted by Gasteiger charge is 2.38. The van der Waals surface area contributed by atoms with Crippen LogP contribution in [0.15, 0.2) is 144 Å². The van der Waals surface area contributed by atoms with Gasteiger partial charge in [0.05, 0.1) is 0 Å². The van der Waals surface area contributed by atoms with Gasteiger partial charge in [0, 0.05) is 29.1 Å². The topological polar surface area (TPSA) is 3.24 Å². The molecule has 0 aromatic carbocycles. The van der Waals surface area contributed by atoms with Crippen LogP contribution in [0.4, 0.5) is 0 Å². The third-order valence-electron chi connectivity index (χ3n) is 5.99. The van der Waals surface area contributed by atoms with Crippen molar-refractivity contribution in [2.24, 2.45) is 5.41 Å². The van der Waals surface area contributed by atoms with Crippen LogP contribution in [0.2, 0.25) is 0 Å². The molecule has 1 aliphatic heterocycles. The summed E-state index contributed by atoms with van der Waals surface area (Å²) in [6.45, 7) is 21.3. The maximum atomic E-state index is 4.29. The van der Waals surface area contributed by atoms with Crippen molar-refractivity contribution >= 4 is 0 Å². The number of hydrogen-bond donors (Lipinski definition) is 0. The minimum Gasteiger partial charge on any atom is -0.324 e. The molecule has 158 valence electrons. The Morgan fingerprint density at radius 3 is 2.52 bits per heavy atom. The molecule has 0 amide bonds. The molecule has 0 aromatic rings. The Kier molecular flexibility index (Phi) is 6.65. The van der Waals surface area contributed by atoms with Crippen LogP contribution >= 0.6 is 0 Å². The van der Waals surface area contributed by atoms with Crippen LogP contribution in [-0.2, 0) is 0 Å². The minimum absolute atomic E-state index is 0.190. The van der Waals surface area contributed by atoms with Crippen molar-refractivity contribution in [1.82, 2.24) is 4.90 Å². The van der Waals surface area contributed by atoms with Crippen molar-refractivity contribution in [2.75, 3.05) is 0 Å². The molecule has 0 atom stereocenters. The predicted octanol–water partition coefficient (Wildman–Crippen LogP) is 8.18. The van der Waals surface area contributed by atoms with Crippen LogP contribution < -0.4 is 0 Å². The SMILES string of the molecule is C=CC1=C(/C=C\C)C2=C/N(C3=CCC=C(C)C=C3)/C=C\C=C/C(=C)C(=C)/C=C\2C1(C)C. The van der Waals surface area contributed by atoms with Gasteiger partial charge < -0.3 is 4.90 Å². The number of allylic oxidation sites excluding steroid dienone is 18. The van der Waals surface area contributed by atoms with Gasteiger partial charge in [-0.15, -0.1) is 0 Å².